The Kier molecular flexibility index (Phi) is 3.85. The second-order valence-electron chi connectivity index (χ2n) is 5.87. The van der Waals surface area contributed by atoms with Crippen LogP contribution < -0.4 is 4.74 Å². The van der Waals surface area contributed by atoms with E-state index in [1.807, 2.05) is 4.90 Å². The summed E-state index contributed by atoms with van der Waals surface area (Å²) in [6.45, 7) is 3.44. The average molecular weight is 293 g/mol. The predicted molar refractivity (Wildman–Crippen MR) is 75.9 cm³/mol. The topological polar surface area (TPSA) is 38.8 Å². The molecule has 114 valence electrons. The molecule has 0 bridgehead atoms. The van der Waals surface area contributed by atoms with Crippen LogP contribution in [0.4, 0.5) is 4.39 Å². The van der Waals surface area contributed by atoms with Crippen LogP contribution in [0.5, 0.6) is 5.75 Å². The molecule has 0 aromatic heterocycles. The van der Waals surface area contributed by atoms with E-state index in [0.29, 0.717) is 24.6 Å². The Morgan fingerprint density at radius 2 is 2.29 bits per heavy atom. The molecule has 4 nitrogen and oxygen atoms in total. The van der Waals surface area contributed by atoms with E-state index >= 15 is 0 Å². The average Bonchev–Trinajstić information content (AvgIpc) is 2.85. The molecule has 3 atom stereocenters. The van der Waals surface area contributed by atoms with Gasteiger partial charge in [0.05, 0.1) is 19.3 Å². The number of benzene rings is 1. The van der Waals surface area contributed by atoms with Crippen LogP contribution in [0.15, 0.2) is 18.2 Å². The number of piperidine rings is 1. The van der Waals surface area contributed by atoms with Gasteiger partial charge in [-0.3, -0.25) is 4.79 Å². The molecule has 1 aromatic rings. The van der Waals surface area contributed by atoms with E-state index in [9.17, 15) is 9.18 Å². The summed E-state index contributed by atoms with van der Waals surface area (Å²) in [6.07, 6.45) is 2.40. The fourth-order valence-electron chi connectivity index (χ4n) is 3.36. The van der Waals surface area contributed by atoms with Crippen molar-refractivity contribution < 1.29 is 18.7 Å². The van der Waals surface area contributed by atoms with E-state index in [1.54, 1.807) is 6.07 Å². The Bertz CT molecular complexity index is 548. The van der Waals surface area contributed by atoms with Gasteiger partial charge in [0, 0.05) is 24.6 Å². The number of hydrogen-bond acceptors (Lipinski definition) is 3. The number of likely N-dealkylation sites (tertiary alicyclic amines) is 1. The third-order valence-corrected chi connectivity index (χ3v) is 4.39. The first-order valence-corrected chi connectivity index (χ1v) is 7.36. The highest BCUT2D eigenvalue weighted by atomic mass is 19.1. The molecular formula is C16H20FNO3. The summed E-state index contributed by atoms with van der Waals surface area (Å²) in [5.41, 5.74) is 0.374. The smallest absolute Gasteiger partial charge is 0.253 e. The Hall–Kier alpha value is -1.62. The van der Waals surface area contributed by atoms with E-state index in [4.69, 9.17) is 9.47 Å². The summed E-state index contributed by atoms with van der Waals surface area (Å²) in [5.74, 6) is -0.0605. The van der Waals surface area contributed by atoms with Gasteiger partial charge in [0.1, 0.15) is 0 Å². The lowest BCUT2D eigenvalue weighted by Gasteiger charge is -2.34. The first-order chi connectivity index (χ1) is 10.1. The minimum absolute atomic E-state index is 0.116. The molecule has 2 heterocycles. The highest BCUT2D eigenvalue weighted by Gasteiger charge is 2.38. The van der Waals surface area contributed by atoms with Crippen molar-refractivity contribution in [2.45, 2.75) is 32.0 Å². The number of rotatable bonds is 2. The van der Waals surface area contributed by atoms with Crippen LogP contribution in [0, 0.1) is 11.7 Å². The molecule has 21 heavy (non-hydrogen) atoms. The molecule has 2 saturated heterocycles. The second kappa shape index (κ2) is 5.64. The van der Waals surface area contributed by atoms with Crippen LogP contribution in [-0.4, -0.2) is 43.2 Å². The third-order valence-electron chi connectivity index (χ3n) is 4.39. The van der Waals surface area contributed by atoms with E-state index in [2.05, 4.69) is 6.92 Å². The van der Waals surface area contributed by atoms with Gasteiger partial charge in [-0.2, -0.15) is 0 Å². The maximum absolute atomic E-state index is 13.7. The van der Waals surface area contributed by atoms with E-state index in [1.165, 1.54) is 19.2 Å². The number of amides is 1. The highest BCUT2D eigenvalue weighted by molar-refractivity contribution is 5.94. The lowest BCUT2D eigenvalue weighted by atomic mass is 9.92. The first kappa shape index (κ1) is 14.3. The third kappa shape index (κ3) is 2.75. The number of carbonyl (C=O) groups is 1. The second-order valence-corrected chi connectivity index (χ2v) is 5.87. The molecular weight excluding hydrogens is 273 g/mol. The van der Waals surface area contributed by atoms with Gasteiger partial charge < -0.3 is 14.4 Å². The van der Waals surface area contributed by atoms with Gasteiger partial charge in [-0.1, -0.05) is 0 Å². The molecule has 0 aliphatic carbocycles. The highest BCUT2D eigenvalue weighted by Crippen LogP contribution is 2.33. The lowest BCUT2D eigenvalue weighted by Crippen LogP contribution is -2.44. The van der Waals surface area contributed by atoms with Crippen LogP contribution in [-0.2, 0) is 4.74 Å². The molecule has 3 rings (SSSR count). The van der Waals surface area contributed by atoms with E-state index < -0.39 is 5.82 Å². The van der Waals surface area contributed by atoms with E-state index in [-0.39, 0.29) is 23.9 Å². The number of hydrogen-bond donors (Lipinski definition) is 0. The number of carbonyl (C=O) groups excluding carboxylic acids is 1. The Morgan fingerprint density at radius 3 is 3.00 bits per heavy atom. The zero-order chi connectivity index (χ0) is 15.0. The minimum atomic E-state index is -0.504. The number of methoxy groups -OCH3 is 1. The molecule has 2 aliphatic rings. The van der Waals surface area contributed by atoms with E-state index in [0.717, 1.165) is 12.8 Å². The van der Waals surface area contributed by atoms with Gasteiger partial charge in [-0.15, -0.1) is 0 Å². The normalized spacial score (nSPS) is 28.3. The number of nitrogens with zero attached hydrogens (tertiary/aromatic N) is 1. The maximum atomic E-state index is 13.7. The monoisotopic (exact) mass is 293 g/mol. The van der Waals surface area contributed by atoms with Crippen LogP contribution in [0.3, 0.4) is 0 Å². The zero-order valence-electron chi connectivity index (χ0n) is 12.3. The molecule has 0 N–H and O–H groups in total. The van der Waals surface area contributed by atoms with Gasteiger partial charge in [0.15, 0.2) is 11.6 Å². The van der Waals surface area contributed by atoms with Crippen molar-refractivity contribution in [1.29, 1.82) is 0 Å². The molecule has 0 radical (unpaired) electrons. The molecule has 0 spiro atoms. The number of halogens is 1. The van der Waals surface area contributed by atoms with Crippen molar-refractivity contribution in [1.82, 2.24) is 4.90 Å². The van der Waals surface area contributed by atoms with Crippen molar-refractivity contribution in [2.24, 2.45) is 5.92 Å². The van der Waals surface area contributed by atoms with Crippen LogP contribution in [0.25, 0.3) is 0 Å². The molecule has 1 amide bonds. The van der Waals surface area contributed by atoms with Crippen LogP contribution >= 0.6 is 0 Å². The van der Waals surface area contributed by atoms with Crippen LogP contribution in [0.2, 0.25) is 0 Å². The first-order valence-electron chi connectivity index (χ1n) is 7.36. The van der Waals surface area contributed by atoms with Crippen molar-refractivity contribution in [3.05, 3.63) is 29.6 Å². The fourth-order valence-corrected chi connectivity index (χ4v) is 3.36. The Balaban J connectivity index is 1.72. The van der Waals surface area contributed by atoms with Gasteiger partial charge in [0.25, 0.3) is 5.91 Å². The lowest BCUT2D eigenvalue weighted by molar-refractivity contribution is 0.00864. The Morgan fingerprint density at radius 1 is 1.48 bits per heavy atom. The van der Waals surface area contributed by atoms with Crippen molar-refractivity contribution in [2.75, 3.05) is 20.2 Å². The van der Waals surface area contributed by atoms with Crippen LogP contribution in [0.1, 0.15) is 30.1 Å². The molecule has 2 aliphatic heterocycles. The fraction of sp³-hybridized carbons (Fsp3) is 0.562. The molecule has 5 heteroatoms. The molecule has 2 fully saturated rings. The molecule has 0 saturated carbocycles. The van der Waals surface area contributed by atoms with Crippen molar-refractivity contribution in [3.8, 4) is 5.75 Å². The van der Waals surface area contributed by atoms with Gasteiger partial charge in [-0.05, 0) is 38.0 Å². The van der Waals surface area contributed by atoms with Gasteiger partial charge in [0.2, 0.25) is 0 Å². The SMILES string of the molecule is COc1ccc(C(=O)N2CC[C@H]3O[C@H](C)C[C@@H]3C2)cc1F. The summed E-state index contributed by atoms with van der Waals surface area (Å²) in [4.78, 5) is 14.3. The molecule has 0 unspecified atom stereocenters. The summed E-state index contributed by atoms with van der Waals surface area (Å²) in [5, 5.41) is 0. The summed E-state index contributed by atoms with van der Waals surface area (Å²) < 4.78 is 24.4. The summed E-state index contributed by atoms with van der Waals surface area (Å²) >= 11 is 0. The summed E-state index contributed by atoms with van der Waals surface area (Å²) in [6, 6.07) is 4.36. The standard InChI is InChI=1S/C16H20FNO3/c1-10-7-12-9-18(6-5-14(12)21-10)16(19)11-3-4-15(20-2)13(17)8-11/h3-4,8,10,12,14H,5-7,9H2,1-2H3/t10-,12-,14-/m1/s1. The maximum Gasteiger partial charge on any atom is 0.253 e. The van der Waals surface area contributed by atoms with Gasteiger partial charge in [-0.25, -0.2) is 4.39 Å². The largest absolute Gasteiger partial charge is 0.494 e. The van der Waals surface area contributed by atoms with Gasteiger partial charge >= 0.3 is 0 Å². The number of ether oxygens (including phenoxy) is 2. The minimum Gasteiger partial charge on any atom is -0.494 e. The zero-order valence-corrected chi connectivity index (χ0v) is 12.3. The van der Waals surface area contributed by atoms with Crippen molar-refractivity contribution in [3.63, 3.8) is 0 Å². The molecule has 1 aromatic carbocycles. The predicted octanol–water partition coefficient (Wildman–Crippen LogP) is 2.47. The van der Waals surface area contributed by atoms with Crippen molar-refractivity contribution >= 4 is 5.91 Å². The number of fused-ring (bicyclic) bond motifs is 1. The quantitative estimate of drug-likeness (QED) is 0.841. The Labute approximate surface area is 123 Å². The summed E-state index contributed by atoms with van der Waals surface area (Å²) in [7, 11) is 1.41.